The van der Waals surface area contributed by atoms with E-state index in [-0.39, 0.29) is 5.91 Å². The lowest BCUT2D eigenvalue weighted by Crippen LogP contribution is -2.45. The molecule has 1 unspecified atom stereocenters. The first kappa shape index (κ1) is 16.0. The summed E-state index contributed by atoms with van der Waals surface area (Å²) >= 11 is 0. The number of hydrogen-bond donors (Lipinski definition) is 2. The standard InChI is InChI=1S/C15H20N4O3/c1-18(2)9-8-16-13(20)14(21)17-12-10-6-4-5-7-11(10)19(3)15(12)22/h4-7,12H,8-9H2,1-3H3,(H,16,20)(H,17,21). The van der Waals surface area contributed by atoms with Crippen LogP contribution in [0, 0.1) is 0 Å². The molecular formula is C15H20N4O3. The number of amides is 3. The van der Waals surface area contributed by atoms with Crippen LogP contribution in [0.25, 0.3) is 0 Å². The van der Waals surface area contributed by atoms with E-state index in [2.05, 4.69) is 10.6 Å². The van der Waals surface area contributed by atoms with Gasteiger partial charge in [0.25, 0.3) is 5.91 Å². The normalized spacial score (nSPS) is 16.6. The second kappa shape index (κ2) is 6.57. The number of nitrogens with one attached hydrogen (secondary N) is 2. The molecule has 1 aliphatic heterocycles. The lowest BCUT2D eigenvalue weighted by Gasteiger charge is -2.14. The molecule has 1 aromatic carbocycles. The Morgan fingerprint density at radius 3 is 2.59 bits per heavy atom. The maximum absolute atomic E-state index is 12.2. The van der Waals surface area contributed by atoms with Crippen molar-refractivity contribution in [3.05, 3.63) is 29.8 Å². The summed E-state index contributed by atoms with van der Waals surface area (Å²) in [5.74, 6) is -1.79. The van der Waals surface area contributed by atoms with Crippen molar-refractivity contribution in [2.75, 3.05) is 39.1 Å². The van der Waals surface area contributed by atoms with Gasteiger partial charge in [-0.25, -0.2) is 0 Å². The Labute approximate surface area is 129 Å². The summed E-state index contributed by atoms with van der Waals surface area (Å²) in [7, 11) is 5.39. The van der Waals surface area contributed by atoms with Crippen LogP contribution in [0.15, 0.2) is 24.3 Å². The van der Waals surface area contributed by atoms with Gasteiger partial charge in [0.15, 0.2) is 0 Å². The van der Waals surface area contributed by atoms with Crippen molar-refractivity contribution in [1.82, 2.24) is 15.5 Å². The number of rotatable bonds is 4. The number of hydrogen-bond acceptors (Lipinski definition) is 4. The minimum absolute atomic E-state index is 0.254. The predicted molar refractivity (Wildman–Crippen MR) is 82.3 cm³/mol. The molecule has 0 spiro atoms. The SMILES string of the molecule is CN(C)CCNC(=O)C(=O)NC1C(=O)N(C)c2ccccc21. The Morgan fingerprint density at radius 2 is 1.91 bits per heavy atom. The third-order valence-electron chi connectivity index (χ3n) is 3.51. The molecule has 0 fully saturated rings. The van der Waals surface area contributed by atoms with Gasteiger partial charge < -0.3 is 20.4 Å². The highest BCUT2D eigenvalue weighted by molar-refractivity contribution is 6.35. The third-order valence-corrected chi connectivity index (χ3v) is 3.51. The summed E-state index contributed by atoms with van der Waals surface area (Å²) in [5.41, 5.74) is 1.44. The Kier molecular flexibility index (Phi) is 4.77. The van der Waals surface area contributed by atoms with Crippen LogP contribution >= 0.6 is 0 Å². The molecule has 22 heavy (non-hydrogen) atoms. The zero-order valence-electron chi connectivity index (χ0n) is 12.9. The number of benzene rings is 1. The van der Waals surface area contributed by atoms with E-state index >= 15 is 0 Å². The van der Waals surface area contributed by atoms with Gasteiger partial charge in [-0.05, 0) is 20.2 Å². The van der Waals surface area contributed by atoms with Crippen LogP contribution in [-0.4, -0.2) is 56.9 Å². The molecule has 1 heterocycles. The molecule has 1 atom stereocenters. The molecule has 2 N–H and O–H groups in total. The van der Waals surface area contributed by atoms with Crippen LogP contribution in [0.5, 0.6) is 0 Å². The molecule has 0 aliphatic carbocycles. The second-order valence-corrected chi connectivity index (χ2v) is 5.42. The maximum atomic E-state index is 12.2. The first-order valence-corrected chi connectivity index (χ1v) is 7.01. The average molecular weight is 304 g/mol. The number of para-hydroxylation sites is 1. The number of likely N-dealkylation sites (N-methyl/N-ethyl adjacent to an activating group) is 2. The van der Waals surface area contributed by atoms with Crippen LogP contribution in [-0.2, 0) is 14.4 Å². The Balaban J connectivity index is 2.00. The molecule has 0 aromatic heterocycles. The van der Waals surface area contributed by atoms with Crippen LogP contribution < -0.4 is 15.5 Å². The largest absolute Gasteiger partial charge is 0.347 e. The monoisotopic (exact) mass is 304 g/mol. The predicted octanol–water partition coefficient (Wildman–Crippen LogP) is -0.502. The van der Waals surface area contributed by atoms with E-state index < -0.39 is 17.9 Å². The van der Waals surface area contributed by atoms with Gasteiger partial charge >= 0.3 is 11.8 Å². The molecule has 7 heteroatoms. The van der Waals surface area contributed by atoms with Crippen LogP contribution in [0.3, 0.4) is 0 Å². The number of carbonyl (C=O) groups is 3. The summed E-state index contributed by atoms with van der Waals surface area (Å²) in [4.78, 5) is 39.2. The van der Waals surface area contributed by atoms with E-state index in [1.165, 1.54) is 4.90 Å². The average Bonchev–Trinajstić information content (AvgIpc) is 2.72. The molecule has 0 saturated heterocycles. The van der Waals surface area contributed by atoms with E-state index in [1.54, 1.807) is 25.2 Å². The van der Waals surface area contributed by atoms with Crippen molar-refractivity contribution < 1.29 is 14.4 Å². The van der Waals surface area contributed by atoms with Gasteiger partial charge in [-0.2, -0.15) is 0 Å². The van der Waals surface area contributed by atoms with Crippen molar-refractivity contribution in [3.63, 3.8) is 0 Å². The van der Waals surface area contributed by atoms with Crippen LogP contribution in [0.2, 0.25) is 0 Å². The molecule has 3 amide bonds. The molecule has 118 valence electrons. The van der Waals surface area contributed by atoms with Crippen molar-refractivity contribution in [3.8, 4) is 0 Å². The zero-order chi connectivity index (χ0) is 16.3. The fraction of sp³-hybridized carbons (Fsp3) is 0.400. The van der Waals surface area contributed by atoms with Gasteiger partial charge in [-0.3, -0.25) is 14.4 Å². The van der Waals surface area contributed by atoms with Crippen molar-refractivity contribution in [2.45, 2.75) is 6.04 Å². The van der Waals surface area contributed by atoms with E-state index in [0.29, 0.717) is 18.7 Å². The fourth-order valence-corrected chi connectivity index (χ4v) is 2.29. The number of nitrogens with zero attached hydrogens (tertiary/aromatic N) is 2. The summed E-state index contributed by atoms with van der Waals surface area (Å²) in [6, 6.07) is 6.37. The second-order valence-electron chi connectivity index (χ2n) is 5.42. The van der Waals surface area contributed by atoms with Gasteiger partial charge in [0, 0.05) is 31.4 Å². The summed E-state index contributed by atoms with van der Waals surface area (Å²) in [6.07, 6.45) is 0. The Morgan fingerprint density at radius 1 is 1.23 bits per heavy atom. The summed E-state index contributed by atoms with van der Waals surface area (Å²) < 4.78 is 0. The fourth-order valence-electron chi connectivity index (χ4n) is 2.29. The van der Waals surface area contributed by atoms with Crippen molar-refractivity contribution in [2.24, 2.45) is 0 Å². The smallest absolute Gasteiger partial charge is 0.310 e. The zero-order valence-corrected chi connectivity index (χ0v) is 12.9. The minimum Gasteiger partial charge on any atom is -0.347 e. The van der Waals surface area contributed by atoms with Gasteiger partial charge in [0.2, 0.25) is 0 Å². The van der Waals surface area contributed by atoms with Gasteiger partial charge in [-0.1, -0.05) is 18.2 Å². The molecule has 1 aromatic rings. The summed E-state index contributed by atoms with van der Waals surface area (Å²) in [6.45, 7) is 1.00. The number of fused-ring (bicyclic) bond motifs is 1. The molecule has 1 aliphatic rings. The highest BCUT2D eigenvalue weighted by atomic mass is 16.2. The first-order valence-electron chi connectivity index (χ1n) is 7.01. The lowest BCUT2D eigenvalue weighted by molar-refractivity contribution is -0.140. The van der Waals surface area contributed by atoms with E-state index in [9.17, 15) is 14.4 Å². The highest BCUT2D eigenvalue weighted by Gasteiger charge is 2.36. The lowest BCUT2D eigenvalue weighted by atomic mass is 10.1. The van der Waals surface area contributed by atoms with Crippen LogP contribution in [0.4, 0.5) is 5.69 Å². The van der Waals surface area contributed by atoms with E-state index in [1.807, 2.05) is 25.1 Å². The van der Waals surface area contributed by atoms with Crippen molar-refractivity contribution >= 4 is 23.4 Å². The molecule has 0 saturated carbocycles. The van der Waals surface area contributed by atoms with E-state index in [0.717, 1.165) is 5.69 Å². The van der Waals surface area contributed by atoms with Gasteiger partial charge in [0.05, 0.1) is 0 Å². The molecule has 0 bridgehead atoms. The molecular weight excluding hydrogens is 284 g/mol. The Bertz CT molecular complexity index is 600. The molecule has 7 nitrogen and oxygen atoms in total. The Hall–Kier alpha value is -2.41. The van der Waals surface area contributed by atoms with Crippen LogP contribution in [0.1, 0.15) is 11.6 Å². The van der Waals surface area contributed by atoms with Gasteiger partial charge in [0.1, 0.15) is 6.04 Å². The molecule has 2 rings (SSSR count). The quantitative estimate of drug-likeness (QED) is 0.735. The van der Waals surface area contributed by atoms with Crippen molar-refractivity contribution in [1.29, 1.82) is 0 Å². The number of anilines is 1. The number of carbonyl (C=O) groups excluding carboxylic acids is 3. The third kappa shape index (κ3) is 3.25. The van der Waals surface area contributed by atoms with Gasteiger partial charge in [-0.15, -0.1) is 0 Å². The maximum Gasteiger partial charge on any atom is 0.310 e. The molecule has 0 radical (unpaired) electrons. The highest BCUT2D eigenvalue weighted by Crippen LogP contribution is 2.34. The minimum atomic E-state index is -0.812. The topological polar surface area (TPSA) is 81.8 Å². The first-order chi connectivity index (χ1) is 10.4. The van der Waals surface area contributed by atoms with E-state index in [4.69, 9.17) is 0 Å². The summed E-state index contributed by atoms with van der Waals surface area (Å²) in [5, 5.41) is 5.02.